The lowest BCUT2D eigenvalue weighted by Crippen LogP contribution is -2.15. The van der Waals surface area contributed by atoms with Crippen LogP contribution in [0.1, 0.15) is 26.7 Å². The predicted octanol–water partition coefficient (Wildman–Crippen LogP) is 3.19. The molecule has 0 bridgehead atoms. The number of benzene rings is 1. The van der Waals surface area contributed by atoms with Gasteiger partial charge in [-0.2, -0.15) is 5.26 Å². The molecular weight excluding hydrogens is 200 g/mol. The molecule has 3 nitrogen and oxygen atoms in total. The van der Waals surface area contributed by atoms with Crippen LogP contribution in [0.4, 0.5) is 5.69 Å². The largest absolute Gasteiger partial charge is 0.477 e. The number of para-hydroxylation sites is 2. The number of hydrogen-bond donors (Lipinski definition) is 1. The van der Waals surface area contributed by atoms with Crippen molar-refractivity contribution < 1.29 is 4.74 Å². The van der Waals surface area contributed by atoms with E-state index in [0.717, 1.165) is 24.3 Å². The second kappa shape index (κ2) is 6.73. The average Bonchev–Trinajstić information content (AvgIpc) is 2.28. The number of nitrogens with one attached hydrogen (secondary N) is 1. The van der Waals surface area contributed by atoms with Gasteiger partial charge in [0.1, 0.15) is 11.8 Å². The lowest BCUT2D eigenvalue weighted by Gasteiger charge is -2.16. The highest BCUT2D eigenvalue weighted by Crippen LogP contribution is 2.24. The molecule has 0 heterocycles. The third kappa shape index (κ3) is 3.82. The van der Waals surface area contributed by atoms with Gasteiger partial charge in [0, 0.05) is 6.04 Å². The Morgan fingerprint density at radius 1 is 1.44 bits per heavy atom. The first-order valence-corrected chi connectivity index (χ1v) is 5.63. The maximum absolute atomic E-state index is 8.49. The molecular formula is C13H18N2O. The lowest BCUT2D eigenvalue weighted by atomic mass is 10.2. The molecule has 0 radical (unpaired) electrons. The molecule has 1 atom stereocenters. The molecule has 0 saturated carbocycles. The van der Waals surface area contributed by atoms with E-state index in [-0.39, 0.29) is 6.61 Å². The van der Waals surface area contributed by atoms with E-state index in [0.29, 0.717) is 6.04 Å². The van der Waals surface area contributed by atoms with E-state index in [2.05, 4.69) is 19.2 Å². The van der Waals surface area contributed by atoms with Gasteiger partial charge in [-0.3, -0.25) is 0 Å². The van der Waals surface area contributed by atoms with Crippen LogP contribution in [-0.4, -0.2) is 12.6 Å². The van der Waals surface area contributed by atoms with Gasteiger partial charge in [0.25, 0.3) is 0 Å². The fraction of sp³-hybridized carbons (Fsp3) is 0.462. The van der Waals surface area contributed by atoms with Gasteiger partial charge < -0.3 is 10.1 Å². The molecule has 1 aromatic rings. The SMILES string of the molecule is CCCC(C)Nc1ccccc1OCC#N. The van der Waals surface area contributed by atoms with E-state index in [1.807, 2.05) is 30.3 Å². The third-order valence-electron chi connectivity index (χ3n) is 2.30. The molecule has 1 N–H and O–H groups in total. The van der Waals surface area contributed by atoms with Crippen molar-refractivity contribution in [3.8, 4) is 11.8 Å². The number of hydrogen-bond acceptors (Lipinski definition) is 3. The summed E-state index contributed by atoms with van der Waals surface area (Å²) in [6, 6.07) is 10.1. The van der Waals surface area contributed by atoms with Crippen LogP contribution >= 0.6 is 0 Å². The first-order chi connectivity index (χ1) is 7.77. The molecule has 1 rings (SSSR count). The Morgan fingerprint density at radius 3 is 2.88 bits per heavy atom. The van der Waals surface area contributed by atoms with Crippen LogP contribution in [0.15, 0.2) is 24.3 Å². The van der Waals surface area contributed by atoms with Crippen molar-refractivity contribution in [3.05, 3.63) is 24.3 Å². The molecule has 0 fully saturated rings. The van der Waals surface area contributed by atoms with Gasteiger partial charge in [-0.25, -0.2) is 0 Å². The Hall–Kier alpha value is -1.69. The zero-order valence-corrected chi connectivity index (χ0v) is 9.86. The summed E-state index contributed by atoms with van der Waals surface area (Å²) in [4.78, 5) is 0. The third-order valence-corrected chi connectivity index (χ3v) is 2.30. The van der Waals surface area contributed by atoms with Crippen molar-refractivity contribution in [2.24, 2.45) is 0 Å². The van der Waals surface area contributed by atoms with Gasteiger partial charge in [0.05, 0.1) is 5.69 Å². The molecule has 1 aromatic carbocycles. The van der Waals surface area contributed by atoms with Crippen molar-refractivity contribution in [2.75, 3.05) is 11.9 Å². The van der Waals surface area contributed by atoms with E-state index >= 15 is 0 Å². The van der Waals surface area contributed by atoms with Crippen LogP contribution in [0.3, 0.4) is 0 Å². The molecule has 1 unspecified atom stereocenters. The summed E-state index contributed by atoms with van der Waals surface area (Å²) in [5.74, 6) is 0.743. The molecule has 0 aliphatic rings. The fourth-order valence-electron chi connectivity index (χ4n) is 1.59. The number of nitriles is 1. The van der Waals surface area contributed by atoms with Crippen molar-refractivity contribution in [3.63, 3.8) is 0 Å². The Balaban J connectivity index is 2.67. The summed E-state index contributed by atoms with van der Waals surface area (Å²) < 4.78 is 5.34. The minimum atomic E-state index is 0.0842. The fourth-order valence-corrected chi connectivity index (χ4v) is 1.59. The second-order valence-electron chi connectivity index (χ2n) is 3.78. The number of anilines is 1. The molecule has 86 valence electrons. The van der Waals surface area contributed by atoms with Gasteiger partial charge >= 0.3 is 0 Å². The van der Waals surface area contributed by atoms with E-state index in [1.54, 1.807) is 0 Å². The Labute approximate surface area is 97.0 Å². The summed E-state index contributed by atoms with van der Waals surface area (Å²) >= 11 is 0. The molecule has 16 heavy (non-hydrogen) atoms. The van der Waals surface area contributed by atoms with Gasteiger partial charge in [-0.05, 0) is 25.5 Å². The maximum Gasteiger partial charge on any atom is 0.174 e. The van der Waals surface area contributed by atoms with Crippen LogP contribution < -0.4 is 10.1 Å². The summed E-state index contributed by atoms with van der Waals surface area (Å²) in [6.07, 6.45) is 2.27. The number of rotatable bonds is 6. The number of nitrogens with zero attached hydrogens (tertiary/aromatic N) is 1. The quantitative estimate of drug-likeness (QED) is 0.797. The van der Waals surface area contributed by atoms with Crippen LogP contribution in [0.5, 0.6) is 5.75 Å². The summed E-state index contributed by atoms with van der Waals surface area (Å²) in [6.45, 7) is 4.39. The van der Waals surface area contributed by atoms with Gasteiger partial charge in [-0.1, -0.05) is 25.5 Å². The van der Waals surface area contributed by atoms with Gasteiger partial charge in [0.15, 0.2) is 6.61 Å². The number of ether oxygens (including phenoxy) is 1. The van der Waals surface area contributed by atoms with Crippen LogP contribution in [0.25, 0.3) is 0 Å². The molecule has 3 heteroatoms. The van der Waals surface area contributed by atoms with Crippen molar-refractivity contribution in [1.29, 1.82) is 5.26 Å². The first-order valence-electron chi connectivity index (χ1n) is 5.63. The topological polar surface area (TPSA) is 45.0 Å². The van der Waals surface area contributed by atoms with Crippen molar-refractivity contribution in [1.82, 2.24) is 0 Å². The predicted molar refractivity (Wildman–Crippen MR) is 65.5 cm³/mol. The maximum atomic E-state index is 8.49. The summed E-state index contributed by atoms with van der Waals surface area (Å²) in [7, 11) is 0. The zero-order valence-electron chi connectivity index (χ0n) is 9.86. The lowest BCUT2D eigenvalue weighted by molar-refractivity contribution is 0.369. The molecule has 0 saturated heterocycles. The Kier molecular flexibility index (Phi) is 5.21. The molecule has 0 amide bonds. The average molecular weight is 218 g/mol. The highest BCUT2D eigenvalue weighted by molar-refractivity contribution is 5.56. The van der Waals surface area contributed by atoms with Crippen LogP contribution in [-0.2, 0) is 0 Å². The van der Waals surface area contributed by atoms with Crippen LogP contribution in [0.2, 0.25) is 0 Å². The molecule has 0 spiro atoms. The second-order valence-corrected chi connectivity index (χ2v) is 3.78. The monoisotopic (exact) mass is 218 g/mol. The van der Waals surface area contributed by atoms with Gasteiger partial charge in [0.2, 0.25) is 0 Å². The first kappa shape index (κ1) is 12.4. The van der Waals surface area contributed by atoms with Crippen molar-refractivity contribution >= 4 is 5.69 Å². The normalized spacial score (nSPS) is 11.6. The van der Waals surface area contributed by atoms with E-state index < -0.39 is 0 Å². The summed E-state index contributed by atoms with van der Waals surface area (Å²) in [5.41, 5.74) is 0.957. The Morgan fingerprint density at radius 2 is 2.19 bits per heavy atom. The smallest absolute Gasteiger partial charge is 0.174 e. The molecule has 0 aliphatic heterocycles. The Bertz CT molecular complexity index is 357. The van der Waals surface area contributed by atoms with E-state index in [4.69, 9.17) is 10.00 Å². The molecule has 0 aliphatic carbocycles. The van der Waals surface area contributed by atoms with E-state index in [9.17, 15) is 0 Å². The minimum absolute atomic E-state index is 0.0842. The summed E-state index contributed by atoms with van der Waals surface area (Å²) in [5, 5.41) is 11.9. The standard InChI is InChI=1S/C13H18N2O/c1-3-6-11(2)15-12-7-4-5-8-13(12)16-10-9-14/h4-5,7-8,11,15H,3,6,10H2,1-2H3. The van der Waals surface area contributed by atoms with E-state index in [1.165, 1.54) is 0 Å². The highest BCUT2D eigenvalue weighted by atomic mass is 16.5. The zero-order chi connectivity index (χ0) is 11.8. The van der Waals surface area contributed by atoms with Crippen molar-refractivity contribution in [2.45, 2.75) is 32.7 Å². The minimum Gasteiger partial charge on any atom is -0.477 e. The highest BCUT2D eigenvalue weighted by Gasteiger charge is 2.05. The van der Waals surface area contributed by atoms with Gasteiger partial charge in [-0.15, -0.1) is 0 Å². The molecule has 0 aromatic heterocycles. The van der Waals surface area contributed by atoms with Crippen LogP contribution in [0, 0.1) is 11.3 Å².